The van der Waals surface area contributed by atoms with Crippen molar-refractivity contribution in [1.29, 1.82) is 0 Å². The first-order valence-electron chi connectivity index (χ1n) is 8.80. The molecule has 2 aromatic heterocycles. The zero-order chi connectivity index (χ0) is 20.9. The lowest BCUT2D eigenvalue weighted by molar-refractivity contribution is -0.272. The van der Waals surface area contributed by atoms with Gasteiger partial charge in [0, 0.05) is 43.8 Å². The maximum Gasteiger partial charge on any atom is 0.424 e. The van der Waals surface area contributed by atoms with Gasteiger partial charge in [0.2, 0.25) is 5.60 Å². The lowest BCUT2D eigenvalue weighted by atomic mass is 9.97. The number of aryl methyl sites for hydroxylation is 3. The van der Waals surface area contributed by atoms with Gasteiger partial charge < -0.3 is 20.3 Å². The third kappa shape index (κ3) is 5.02. The Morgan fingerprint density at radius 3 is 2.54 bits per heavy atom. The maximum atomic E-state index is 13.5. The predicted molar refractivity (Wildman–Crippen MR) is 102 cm³/mol. The van der Waals surface area contributed by atoms with Crippen molar-refractivity contribution in [2.75, 3.05) is 13.1 Å². The molecule has 0 amide bonds. The summed E-state index contributed by atoms with van der Waals surface area (Å²) in [6.45, 7) is 6.46. The lowest BCUT2D eigenvalue weighted by Crippen LogP contribution is -2.47. The van der Waals surface area contributed by atoms with Crippen LogP contribution in [0.3, 0.4) is 0 Å². The van der Waals surface area contributed by atoms with Crippen LogP contribution in [0.5, 0.6) is 0 Å². The third-order valence-corrected chi connectivity index (χ3v) is 5.29. The molecule has 2 heterocycles. The summed E-state index contributed by atoms with van der Waals surface area (Å²) in [6.07, 6.45) is -2.88. The van der Waals surface area contributed by atoms with Gasteiger partial charge in [0.15, 0.2) is 5.96 Å². The Balaban J connectivity index is 2.07. The molecule has 0 aliphatic carbocycles. The molecule has 2 aromatic rings. The fraction of sp³-hybridized carbons (Fsp3) is 0.588. The molecule has 156 valence electrons. The molecule has 3 N–H and O–H groups in total. The highest BCUT2D eigenvalue weighted by molar-refractivity contribution is 7.11. The van der Waals surface area contributed by atoms with Gasteiger partial charge >= 0.3 is 6.18 Å². The van der Waals surface area contributed by atoms with E-state index >= 15 is 0 Å². The van der Waals surface area contributed by atoms with Gasteiger partial charge in [-0.3, -0.25) is 0 Å². The van der Waals surface area contributed by atoms with Crippen molar-refractivity contribution in [3.8, 4) is 0 Å². The summed E-state index contributed by atoms with van der Waals surface area (Å²) in [6, 6.07) is 0. The zero-order valence-corrected chi connectivity index (χ0v) is 17.1. The molecule has 0 radical (unpaired) electrons. The molecule has 0 aliphatic heterocycles. The van der Waals surface area contributed by atoms with Crippen LogP contribution in [0.4, 0.5) is 13.2 Å². The van der Waals surface area contributed by atoms with Gasteiger partial charge in [0.1, 0.15) is 10.8 Å². The van der Waals surface area contributed by atoms with Crippen LogP contribution in [0.1, 0.15) is 34.7 Å². The number of aliphatic imine (C=N–C) groups is 1. The summed E-state index contributed by atoms with van der Waals surface area (Å²) in [5.74, 6) is -0.0881. The number of thiazole rings is 1. The minimum atomic E-state index is -4.86. The summed E-state index contributed by atoms with van der Waals surface area (Å²) < 4.78 is 41.8. The van der Waals surface area contributed by atoms with Crippen molar-refractivity contribution in [2.24, 2.45) is 12.0 Å². The number of rotatable bonds is 7. The Kier molecular flexibility index (Phi) is 7.05. The highest BCUT2D eigenvalue weighted by atomic mass is 32.1. The number of hydrogen-bond acceptors (Lipinski definition) is 5. The molecule has 0 saturated heterocycles. The smallest absolute Gasteiger partial charge is 0.374 e. The molecule has 0 fully saturated rings. The van der Waals surface area contributed by atoms with E-state index in [9.17, 15) is 18.3 Å². The van der Waals surface area contributed by atoms with Gasteiger partial charge in [0.05, 0.1) is 12.2 Å². The maximum absolute atomic E-state index is 13.5. The molecular formula is C17H25F3N6OS. The molecule has 0 bridgehead atoms. The summed E-state index contributed by atoms with van der Waals surface area (Å²) in [7, 11) is 1.41. The zero-order valence-electron chi connectivity index (χ0n) is 16.3. The third-order valence-electron chi connectivity index (χ3n) is 4.23. The molecule has 1 atom stereocenters. The quantitative estimate of drug-likeness (QED) is 0.475. The number of nitrogens with zero attached hydrogens (tertiary/aromatic N) is 4. The molecule has 2 rings (SSSR count). The van der Waals surface area contributed by atoms with Crippen molar-refractivity contribution in [2.45, 2.75) is 45.5 Å². The van der Waals surface area contributed by atoms with Crippen LogP contribution >= 0.6 is 11.3 Å². The van der Waals surface area contributed by atoms with Crippen LogP contribution in [0, 0.1) is 13.8 Å². The van der Waals surface area contributed by atoms with Crippen LogP contribution in [0.25, 0.3) is 0 Å². The van der Waals surface area contributed by atoms with Gasteiger partial charge in [-0.15, -0.1) is 11.3 Å². The Bertz CT molecular complexity index is 797. The predicted octanol–water partition coefficient (Wildman–Crippen LogP) is 2.39. The van der Waals surface area contributed by atoms with Crippen molar-refractivity contribution < 1.29 is 18.3 Å². The largest absolute Gasteiger partial charge is 0.424 e. The number of aromatic nitrogens is 3. The first kappa shape index (κ1) is 22.2. The highest BCUT2D eigenvalue weighted by Gasteiger charge is 2.57. The average Bonchev–Trinajstić information content (AvgIpc) is 3.17. The number of imidazole rings is 1. The number of alkyl halides is 3. The lowest BCUT2D eigenvalue weighted by Gasteiger charge is -2.30. The van der Waals surface area contributed by atoms with Crippen molar-refractivity contribution in [3.63, 3.8) is 0 Å². The molecule has 0 saturated carbocycles. The second-order valence-electron chi connectivity index (χ2n) is 6.34. The number of nitrogens with one attached hydrogen (secondary N) is 2. The minimum Gasteiger partial charge on any atom is -0.374 e. The SMILES string of the molecule is CCNC(=NCc1nc(C)c(C)s1)NCCC(O)(c1nccn1C)C(F)(F)F. The Labute approximate surface area is 165 Å². The van der Waals surface area contributed by atoms with E-state index in [1.807, 2.05) is 20.8 Å². The van der Waals surface area contributed by atoms with Crippen LogP contribution in [-0.2, 0) is 19.2 Å². The molecular weight excluding hydrogens is 393 g/mol. The first-order chi connectivity index (χ1) is 13.1. The van der Waals surface area contributed by atoms with Gasteiger partial charge in [0.25, 0.3) is 0 Å². The molecule has 0 aliphatic rings. The van der Waals surface area contributed by atoms with Crippen LogP contribution < -0.4 is 10.6 Å². The minimum absolute atomic E-state index is 0.148. The number of guanidine groups is 1. The summed E-state index contributed by atoms with van der Waals surface area (Å²) in [5.41, 5.74) is -2.11. The van der Waals surface area contributed by atoms with Crippen molar-refractivity contribution in [3.05, 3.63) is 33.8 Å². The summed E-state index contributed by atoms with van der Waals surface area (Å²) >= 11 is 1.53. The van der Waals surface area contributed by atoms with E-state index in [0.29, 0.717) is 19.0 Å². The van der Waals surface area contributed by atoms with Gasteiger partial charge in [-0.2, -0.15) is 13.2 Å². The summed E-state index contributed by atoms with van der Waals surface area (Å²) in [5, 5.41) is 17.0. The van der Waals surface area contributed by atoms with Gasteiger partial charge in [-0.05, 0) is 20.8 Å². The highest BCUT2D eigenvalue weighted by Crippen LogP contribution is 2.40. The normalized spacial score (nSPS) is 14.8. The first-order valence-corrected chi connectivity index (χ1v) is 9.62. The van der Waals surface area contributed by atoms with E-state index in [-0.39, 0.29) is 6.54 Å². The molecule has 28 heavy (non-hydrogen) atoms. The van der Waals surface area contributed by atoms with E-state index < -0.39 is 24.0 Å². The van der Waals surface area contributed by atoms with E-state index in [4.69, 9.17) is 0 Å². The average molecular weight is 418 g/mol. The second-order valence-corrected chi connectivity index (χ2v) is 7.63. The van der Waals surface area contributed by atoms with Crippen molar-refractivity contribution in [1.82, 2.24) is 25.2 Å². The van der Waals surface area contributed by atoms with E-state index in [1.165, 1.54) is 35.3 Å². The number of halogens is 3. The monoisotopic (exact) mass is 418 g/mol. The van der Waals surface area contributed by atoms with E-state index in [2.05, 4.69) is 25.6 Å². The second kappa shape index (κ2) is 8.91. The van der Waals surface area contributed by atoms with E-state index in [0.717, 1.165) is 15.6 Å². The fourth-order valence-corrected chi connectivity index (χ4v) is 3.46. The van der Waals surface area contributed by atoms with Gasteiger partial charge in [-0.1, -0.05) is 0 Å². The molecule has 1 unspecified atom stereocenters. The molecule has 0 spiro atoms. The van der Waals surface area contributed by atoms with Crippen LogP contribution in [0.15, 0.2) is 17.4 Å². The van der Waals surface area contributed by atoms with Crippen LogP contribution in [-0.4, -0.2) is 44.9 Å². The fourth-order valence-electron chi connectivity index (χ4n) is 2.60. The Hall–Kier alpha value is -2.14. The number of hydrogen-bond donors (Lipinski definition) is 3. The standard InChI is InChI=1S/C17H25F3N6OS/c1-5-21-15(24-10-13-25-11(2)12(3)28-13)23-7-6-16(27,17(18,19)20)14-22-8-9-26(14)4/h8-9,27H,5-7,10H2,1-4H3,(H2,21,23,24). The number of aliphatic hydroxyl groups is 1. The van der Waals surface area contributed by atoms with E-state index in [1.54, 1.807) is 0 Å². The molecule has 11 heteroatoms. The summed E-state index contributed by atoms with van der Waals surface area (Å²) in [4.78, 5) is 13.5. The molecule has 0 aromatic carbocycles. The van der Waals surface area contributed by atoms with Crippen molar-refractivity contribution >= 4 is 17.3 Å². The Morgan fingerprint density at radius 1 is 1.32 bits per heavy atom. The van der Waals surface area contributed by atoms with Gasteiger partial charge in [-0.25, -0.2) is 15.0 Å². The Morgan fingerprint density at radius 2 is 2.04 bits per heavy atom. The topological polar surface area (TPSA) is 87.4 Å². The molecule has 7 nitrogen and oxygen atoms in total. The van der Waals surface area contributed by atoms with Crippen LogP contribution in [0.2, 0.25) is 0 Å².